The Morgan fingerprint density at radius 2 is 2.16 bits per heavy atom. The van der Waals surface area contributed by atoms with Gasteiger partial charge in [0, 0.05) is 12.2 Å². The fourth-order valence-electron chi connectivity index (χ4n) is 2.58. The Balaban J connectivity index is 2.11. The monoisotopic (exact) mass is 282 g/mol. The van der Waals surface area contributed by atoms with Crippen LogP contribution in [0.1, 0.15) is 43.5 Å². The molecule has 1 aromatic heterocycles. The first-order valence-electron chi connectivity index (χ1n) is 6.63. The second-order valence-corrected chi connectivity index (χ2v) is 5.81. The van der Waals surface area contributed by atoms with E-state index in [1.807, 2.05) is 0 Å². The van der Waals surface area contributed by atoms with Crippen molar-refractivity contribution >= 4 is 23.4 Å². The van der Waals surface area contributed by atoms with Crippen LogP contribution in [0.4, 0.5) is 5.82 Å². The Kier molecular flexibility index (Phi) is 4.30. The van der Waals surface area contributed by atoms with E-state index in [1.54, 1.807) is 0 Å². The van der Waals surface area contributed by atoms with Gasteiger partial charge in [0.25, 0.3) is 0 Å². The first-order chi connectivity index (χ1) is 8.99. The van der Waals surface area contributed by atoms with Crippen LogP contribution in [0.2, 0.25) is 5.02 Å². The third kappa shape index (κ3) is 3.18. The summed E-state index contributed by atoms with van der Waals surface area (Å²) in [5.41, 5.74) is 0.0939. The number of hydrogen-bond donors (Lipinski definition) is 2. The molecule has 0 radical (unpaired) electrons. The van der Waals surface area contributed by atoms with Crippen LogP contribution in [0, 0.1) is 11.8 Å². The molecule has 0 spiro atoms. The van der Waals surface area contributed by atoms with Crippen LogP contribution in [0.25, 0.3) is 0 Å². The van der Waals surface area contributed by atoms with Crippen LogP contribution in [0.5, 0.6) is 0 Å². The van der Waals surface area contributed by atoms with Gasteiger partial charge in [-0.3, -0.25) is 0 Å². The molecule has 2 N–H and O–H groups in total. The van der Waals surface area contributed by atoms with E-state index >= 15 is 0 Å². The number of halogens is 1. The van der Waals surface area contributed by atoms with Crippen LogP contribution in [-0.2, 0) is 0 Å². The number of hydrogen-bond acceptors (Lipinski definition) is 3. The average Bonchev–Trinajstić information content (AvgIpc) is 2.36. The van der Waals surface area contributed by atoms with Crippen LogP contribution >= 0.6 is 11.6 Å². The van der Waals surface area contributed by atoms with Crippen molar-refractivity contribution < 1.29 is 9.90 Å². The van der Waals surface area contributed by atoms with Gasteiger partial charge in [0.1, 0.15) is 5.82 Å². The van der Waals surface area contributed by atoms with E-state index in [0.29, 0.717) is 17.8 Å². The normalized spacial score (nSPS) is 27.0. The van der Waals surface area contributed by atoms with E-state index in [2.05, 4.69) is 24.1 Å². The molecule has 19 heavy (non-hydrogen) atoms. The lowest BCUT2D eigenvalue weighted by molar-refractivity contribution is 0.0697. The maximum Gasteiger partial charge on any atom is 0.337 e. The molecule has 1 aliphatic rings. The minimum Gasteiger partial charge on any atom is -0.478 e. The molecule has 1 aliphatic carbocycles. The number of rotatable bonds is 3. The highest BCUT2D eigenvalue weighted by atomic mass is 35.5. The van der Waals surface area contributed by atoms with E-state index in [1.165, 1.54) is 18.7 Å². The van der Waals surface area contributed by atoms with Crippen molar-refractivity contribution in [2.75, 3.05) is 5.32 Å². The highest BCUT2D eigenvalue weighted by Gasteiger charge is 2.25. The molecule has 3 atom stereocenters. The van der Waals surface area contributed by atoms with Crippen molar-refractivity contribution in [2.24, 2.45) is 11.8 Å². The number of carboxylic acid groups (broad SMARTS) is 1. The van der Waals surface area contributed by atoms with E-state index < -0.39 is 5.97 Å². The number of aromatic carboxylic acids is 1. The number of carbonyl (C=O) groups is 1. The smallest absolute Gasteiger partial charge is 0.337 e. The van der Waals surface area contributed by atoms with Gasteiger partial charge in [-0.1, -0.05) is 25.4 Å². The van der Waals surface area contributed by atoms with Gasteiger partial charge in [0.2, 0.25) is 0 Å². The molecule has 104 valence electrons. The van der Waals surface area contributed by atoms with E-state index in [9.17, 15) is 4.79 Å². The van der Waals surface area contributed by atoms with Crippen LogP contribution in [-0.4, -0.2) is 22.1 Å². The van der Waals surface area contributed by atoms with E-state index in [4.69, 9.17) is 16.7 Å². The Morgan fingerprint density at radius 3 is 2.79 bits per heavy atom. The van der Waals surface area contributed by atoms with Crippen molar-refractivity contribution in [3.8, 4) is 0 Å². The number of aromatic nitrogens is 1. The van der Waals surface area contributed by atoms with E-state index in [-0.39, 0.29) is 10.6 Å². The number of nitrogens with zero attached hydrogens (tertiary/aromatic N) is 1. The second-order valence-electron chi connectivity index (χ2n) is 5.44. The van der Waals surface area contributed by atoms with Crippen molar-refractivity contribution in [2.45, 2.75) is 39.2 Å². The van der Waals surface area contributed by atoms with Gasteiger partial charge < -0.3 is 10.4 Å². The second kappa shape index (κ2) is 5.78. The van der Waals surface area contributed by atoms with Gasteiger partial charge >= 0.3 is 5.97 Å². The standard InChI is InChI=1S/C14H19ClN2O2/c1-8-3-4-10(7-9(8)2)17-13-12(15)11(14(18)19)5-6-16-13/h5-6,8-10H,3-4,7H2,1-2H3,(H,16,17)(H,18,19). The molecule has 2 rings (SSSR count). The predicted octanol–water partition coefficient (Wildman–Crippen LogP) is 3.67. The summed E-state index contributed by atoms with van der Waals surface area (Å²) in [6.07, 6.45) is 4.79. The Labute approximate surface area is 118 Å². The van der Waals surface area contributed by atoms with Crippen LogP contribution in [0.15, 0.2) is 12.3 Å². The first kappa shape index (κ1) is 14.1. The molecule has 1 saturated carbocycles. The molecular formula is C14H19ClN2O2. The quantitative estimate of drug-likeness (QED) is 0.888. The zero-order valence-corrected chi connectivity index (χ0v) is 11.9. The molecule has 5 heteroatoms. The summed E-state index contributed by atoms with van der Waals surface area (Å²) < 4.78 is 0. The molecule has 1 heterocycles. The topological polar surface area (TPSA) is 62.2 Å². The van der Waals surface area contributed by atoms with Crippen LogP contribution < -0.4 is 5.32 Å². The fraction of sp³-hybridized carbons (Fsp3) is 0.571. The summed E-state index contributed by atoms with van der Waals surface area (Å²) in [6, 6.07) is 1.74. The van der Waals surface area contributed by atoms with Crippen LogP contribution in [0.3, 0.4) is 0 Å². The summed E-state index contributed by atoms with van der Waals surface area (Å²) in [4.78, 5) is 15.2. The molecule has 0 aromatic carbocycles. The zero-order valence-electron chi connectivity index (χ0n) is 11.2. The average molecular weight is 283 g/mol. The minimum atomic E-state index is -1.03. The molecule has 3 unspecified atom stereocenters. The molecule has 1 fully saturated rings. The van der Waals surface area contributed by atoms with Crippen molar-refractivity contribution in [3.63, 3.8) is 0 Å². The lowest BCUT2D eigenvalue weighted by atomic mass is 9.79. The highest BCUT2D eigenvalue weighted by Crippen LogP contribution is 2.32. The molecule has 1 aromatic rings. The summed E-state index contributed by atoms with van der Waals surface area (Å²) >= 11 is 6.08. The van der Waals surface area contributed by atoms with Gasteiger partial charge in [-0.25, -0.2) is 9.78 Å². The Morgan fingerprint density at radius 1 is 1.42 bits per heavy atom. The molecular weight excluding hydrogens is 264 g/mol. The zero-order chi connectivity index (χ0) is 14.0. The molecule has 4 nitrogen and oxygen atoms in total. The Bertz CT molecular complexity index is 479. The first-order valence-corrected chi connectivity index (χ1v) is 7.01. The van der Waals surface area contributed by atoms with Crippen molar-refractivity contribution in [3.05, 3.63) is 22.8 Å². The van der Waals surface area contributed by atoms with Gasteiger partial charge in [-0.15, -0.1) is 0 Å². The summed E-state index contributed by atoms with van der Waals surface area (Å²) in [5, 5.41) is 12.5. The van der Waals surface area contributed by atoms with Gasteiger partial charge in [-0.2, -0.15) is 0 Å². The molecule has 0 bridgehead atoms. The lowest BCUT2D eigenvalue weighted by Crippen LogP contribution is -2.30. The highest BCUT2D eigenvalue weighted by molar-refractivity contribution is 6.35. The summed E-state index contributed by atoms with van der Waals surface area (Å²) in [6.45, 7) is 4.53. The maximum absolute atomic E-state index is 11.0. The lowest BCUT2D eigenvalue weighted by Gasteiger charge is -2.33. The van der Waals surface area contributed by atoms with Gasteiger partial charge in [0.05, 0.1) is 10.6 Å². The van der Waals surface area contributed by atoms with Crippen molar-refractivity contribution in [1.29, 1.82) is 0 Å². The third-order valence-corrected chi connectivity index (χ3v) is 4.44. The largest absolute Gasteiger partial charge is 0.478 e. The number of pyridine rings is 1. The van der Waals surface area contributed by atoms with Crippen molar-refractivity contribution in [1.82, 2.24) is 4.98 Å². The SMILES string of the molecule is CC1CCC(Nc2nccc(C(=O)O)c2Cl)CC1C. The summed E-state index contributed by atoms with van der Waals surface area (Å²) in [5.74, 6) is 0.855. The molecule has 0 aliphatic heterocycles. The van der Waals surface area contributed by atoms with E-state index in [0.717, 1.165) is 18.8 Å². The third-order valence-electron chi connectivity index (χ3n) is 4.06. The molecule has 0 amide bonds. The number of carboxylic acids is 1. The number of nitrogens with one attached hydrogen (secondary N) is 1. The minimum absolute atomic E-state index is 0.0939. The maximum atomic E-state index is 11.0. The molecule has 0 saturated heterocycles. The predicted molar refractivity (Wildman–Crippen MR) is 75.8 cm³/mol. The van der Waals surface area contributed by atoms with Gasteiger partial charge in [0.15, 0.2) is 0 Å². The number of anilines is 1. The summed E-state index contributed by atoms with van der Waals surface area (Å²) in [7, 11) is 0. The Hall–Kier alpha value is -1.29. The van der Waals surface area contributed by atoms with Gasteiger partial charge in [-0.05, 0) is 37.2 Å². The fourth-order valence-corrected chi connectivity index (χ4v) is 2.83.